The Morgan fingerprint density at radius 3 is 2.90 bits per heavy atom. The second kappa shape index (κ2) is 8.04. The van der Waals surface area contributed by atoms with Crippen molar-refractivity contribution in [3.05, 3.63) is 68.0 Å². The molecule has 4 aromatic rings. The van der Waals surface area contributed by atoms with E-state index in [1.165, 1.54) is 11.3 Å². The van der Waals surface area contributed by atoms with Crippen LogP contribution in [0.4, 0.5) is 0 Å². The zero-order valence-electron chi connectivity index (χ0n) is 17.1. The monoisotopic (exact) mass is 514 g/mol. The highest BCUT2D eigenvalue weighted by Gasteiger charge is 2.35. The van der Waals surface area contributed by atoms with Crippen molar-refractivity contribution < 1.29 is 4.79 Å². The number of aromatic amines is 1. The highest BCUT2D eigenvalue weighted by atomic mass is 79.9. The van der Waals surface area contributed by atoms with Gasteiger partial charge in [0.15, 0.2) is 0 Å². The number of nitrogens with one attached hydrogen (secondary N) is 1. The lowest BCUT2D eigenvalue weighted by atomic mass is 10.1. The van der Waals surface area contributed by atoms with Crippen LogP contribution in [-0.4, -0.2) is 32.3 Å². The third-order valence-corrected chi connectivity index (χ3v) is 7.33. The fraction of sp³-hybridized carbons (Fsp3) is 0.261. The molecule has 2 aromatic heterocycles. The smallest absolute Gasteiger partial charge is 0.274 e. The fourth-order valence-corrected chi connectivity index (χ4v) is 5.92. The van der Waals surface area contributed by atoms with Gasteiger partial charge in [-0.25, -0.2) is 9.97 Å². The van der Waals surface area contributed by atoms with E-state index in [9.17, 15) is 4.79 Å². The highest BCUT2D eigenvalue weighted by molar-refractivity contribution is 9.10. The summed E-state index contributed by atoms with van der Waals surface area (Å²) in [5, 5.41) is 1.50. The Labute approximate surface area is 197 Å². The van der Waals surface area contributed by atoms with Crippen LogP contribution in [0.3, 0.4) is 0 Å². The van der Waals surface area contributed by atoms with Gasteiger partial charge in [-0.2, -0.15) is 0 Å². The molecule has 1 atom stereocenters. The molecule has 158 valence electrons. The number of carbonyl (C=O) groups excluding carboxylic acids is 1. The van der Waals surface area contributed by atoms with Crippen molar-refractivity contribution in [3.8, 4) is 10.4 Å². The lowest BCUT2D eigenvalue weighted by molar-refractivity contribution is 0.0726. The molecule has 5 rings (SSSR count). The maximum absolute atomic E-state index is 13.6. The number of benzene rings is 2. The van der Waals surface area contributed by atoms with Gasteiger partial charge in [-0.15, -0.1) is 11.3 Å². The van der Waals surface area contributed by atoms with Crippen LogP contribution in [0.5, 0.6) is 0 Å². The summed E-state index contributed by atoms with van der Waals surface area (Å²) < 4.78 is 1.01. The Kier molecular flexibility index (Phi) is 5.36. The summed E-state index contributed by atoms with van der Waals surface area (Å²) in [5.41, 5.74) is 4.43. The molecular weight excluding hydrogens is 496 g/mol. The Morgan fingerprint density at radius 2 is 2.10 bits per heavy atom. The van der Waals surface area contributed by atoms with Gasteiger partial charge in [-0.05, 0) is 62.1 Å². The molecule has 3 heterocycles. The minimum Gasteiger partial charge on any atom is -0.340 e. The average Bonchev–Trinajstić information content (AvgIpc) is 3.44. The summed E-state index contributed by atoms with van der Waals surface area (Å²) in [6, 6.07) is 11.6. The minimum atomic E-state index is -0.0905. The minimum absolute atomic E-state index is 0.0554. The van der Waals surface area contributed by atoms with E-state index in [-0.39, 0.29) is 11.9 Å². The van der Waals surface area contributed by atoms with Crippen LogP contribution in [-0.2, 0) is 0 Å². The van der Waals surface area contributed by atoms with E-state index in [2.05, 4.69) is 32.0 Å². The number of H-pyrrole nitrogens is 1. The Bertz CT molecular complexity index is 1310. The lowest BCUT2D eigenvalue weighted by Gasteiger charge is -2.22. The van der Waals surface area contributed by atoms with E-state index >= 15 is 0 Å². The van der Waals surface area contributed by atoms with Crippen LogP contribution >= 0.6 is 38.9 Å². The first-order chi connectivity index (χ1) is 14.9. The molecule has 1 aliphatic rings. The molecule has 31 heavy (non-hydrogen) atoms. The van der Waals surface area contributed by atoms with Crippen molar-refractivity contribution in [2.24, 2.45) is 0 Å². The molecule has 0 saturated carbocycles. The van der Waals surface area contributed by atoms with Gasteiger partial charge in [-0.3, -0.25) is 4.79 Å². The van der Waals surface area contributed by atoms with E-state index in [1.807, 2.05) is 49.1 Å². The molecular formula is C23H20BrClN4OS. The van der Waals surface area contributed by atoms with Crippen molar-refractivity contribution in [3.63, 3.8) is 0 Å². The van der Waals surface area contributed by atoms with Gasteiger partial charge >= 0.3 is 0 Å². The van der Waals surface area contributed by atoms with E-state index in [0.29, 0.717) is 17.3 Å². The third-order valence-electron chi connectivity index (χ3n) is 5.61. The maximum atomic E-state index is 13.6. The first-order valence-corrected chi connectivity index (χ1v) is 12.1. The molecule has 2 aromatic carbocycles. The second-order valence-electron chi connectivity index (χ2n) is 7.82. The van der Waals surface area contributed by atoms with Gasteiger partial charge in [0, 0.05) is 16.0 Å². The molecule has 1 aliphatic heterocycles. The van der Waals surface area contributed by atoms with Gasteiger partial charge < -0.3 is 9.88 Å². The molecule has 1 unspecified atom stereocenters. The molecule has 1 amide bonds. The topological polar surface area (TPSA) is 61.9 Å². The standard InChI is InChI=1S/C23H20BrClN4OS/c1-12-9-15(24)11-17-19(12)28-22(27-17)18-7-4-8-29(18)23(30)20-21(31-13(2)26-20)14-5-3-6-16(25)10-14/h3,5-6,9-11,18H,4,7-8H2,1-2H3,(H,27,28). The first kappa shape index (κ1) is 20.7. The summed E-state index contributed by atoms with van der Waals surface area (Å²) >= 11 is 11.3. The molecule has 5 nitrogen and oxygen atoms in total. The van der Waals surface area contributed by atoms with Crippen LogP contribution in [0.15, 0.2) is 40.9 Å². The summed E-state index contributed by atoms with van der Waals surface area (Å²) in [6.45, 7) is 4.66. The Balaban J connectivity index is 1.52. The summed E-state index contributed by atoms with van der Waals surface area (Å²) in [4.78, 5) is 29.3. The van der Waals surface area contributed by atoms with Crippen LogP contribution < -0.4 is 0 Å². The summed E-state index contributed by atoms with van der Waals surface area (Å²) in [6.07, 6.45) is 1.81. The van der Waals surface area contributed by atoms with Crippen molar-refractivity contribution >= 4 is 55.8 Å². The zero-order valence-corrected chi connectivity index (χ0v) is 20.2. The second-order valence-corrected chi connectivity index (χ2v) is 10.4. The molecule has 8 heteroatoms. The first-order valence-electron chi connectivity index (χ1n) is 10.1. The van der Waals surface area contributed by atoms with Crippen LogP contribution in [0.1, 0.15) is 45.8 Å². The van der Waals surface area contributed by atoms with Gasteiger partial charge in [0.2, 0.25) is 0 Å². The van der Waals surface area contributed by atoms with E-state index in [1.54, 1.807) is 0 Å². The number of halogens is 2. The molecule has 0 bridgehead atoms. The van der Waals surface area contributed by atoms with E-state index in [0.717, 1.165) is 55.2 Å². The van der Waals surface area contributed by atoms with Crippen molar-refractivity contribution in [1.82, 2.24) is 19.9 Å². The fourth-order valence-electron chi connectivity index (χ4n) is 4.25. The number of aryl methyl sites for hydroxylation is 2. The van der Waals surface area contributed by atoms with Crippen molar-refractivity contribution in [2.45, 2.75) is 32.7 Å². The quantitative estimate of drug-likeness (QED) is 0.330. The van der Waals surface area contributed by atoms with E-state index < -0.39 is 0 Å². The predicted molar refractivity (Wildman–Crippen MR) is 129 cm³/mol. The number of aromatic nitrogens is 3. The van der Waals surface area contributed by atoms with Gasteiger partial charge in [0.25, 0.3) is 5.91 Å². The maximum Gasteiger partial charge on any atom is 0.274 e. The number of carbonyl (C=O) groups is 1. The number of amides is 1. The average molecular weight is 516 g/mol. The number of thiazole rings is 1. The van der Waals surface area contributed by atoms with Crippen LogP contribution in [0, 0.1) is 13.8 Å². The molecule has 1 N–H and O–H groups in total. The van der Waals surface area contributed by atoms with Gasteiger partial charge in [0.1, 0.15) is 11.5 Å². The SMILES string of the molecule is Cc1nc(C(=O)N2CCCC2c2nc3c(C)cc(Br)cc3[nH]2)c(-c2cccc(Cl)c2)s1. The number of rotatable bonds is 3. The molecule has 0 radical (unpaired) electrons. The summed E-state index contributed by atoms with van der Waals surface area (Å²) in [7, 11) is 0. The van der Waals surface area contributed by atoms with Crippen molar-refractivity contribution in [1.29, 1.82) is 0 Å². The molecule has 1 saturated heterocycles. The van der Waals surface area contributed by atoms with Crippen molar-refractivity contribution in [2.75, 3.05) is 6.54 Å². The van der Waals surface area contributed by atoms with Gasteiger partial charge in [0.05, 0.1) is 27.0 Å². The number of hydrogen-bond donors (Lipinski definition) is 1. The Hall–Kier alpha value is -2.22. The van der Waals surface area contributed by atoms with Crippen LogP contribution in [0.2, 0.25) is 5.02 Å². The van der Waals surface area contributed by atoms with Crippen LogP contribution in [0.25, 0.3) is 21.5 Å². The number of likely N-dealkylation sites (tertiary alicyclic amines) is 1. The van der Waals surface area contributed by atoms with Gasteiger partial charge in [-0.1, -0.05) is 39.7 Å². The third kappa shape index (κ3) is 3.79. The number of nitrogens with zero attached hydrogens (tertiary/aromatic N) is 3. The number of fused-ring (bicyclic) bond motifs is 1. The number of hydrogen-bond acceptors (Lipinski definition) is 4. The largest absolute Gasteiger partial charge is 0.340 e. The normalized spacial score (nSPS) is 16.4. The molecule has 1 fully saturated rings. The Morgan fingerprint density at radius 1 is 1.26 bits per heavy atom. The predicted octanol–water partition coefficient (Wildman–Crippen LogP) is 6.70. The highest BCUT2D eigenvalue weighted by Crippen LogP contribution is 2.37. The van der Waals surface area contributed by atoms with E-state index in [4.69, 9.17) is 16.6 Å². The summed E-state index contributed by atoms with van der Waals surface area (Å²) in [5.74, 6) is 0.776. The molecule has 0 spiro atoms. The number of imidazole rings is 1. The molecule has 0 aliphatic carbocycles. The lowest BCUT2D eigenvalue weighted by Crippen LogP contribution is -2.31. The zero-order chi connectivity index (χ0) is 21.7.